The number of nitrogens with zero attached hydrogens (tertiary/aromatic N) is 1. The minimum Gasteiger partial charge on any atom is -0.356 e. The van der Waals surface area contributed by atoms with Gasteiger partial charge in [-0.1, -0.05) is 23.4 Å². The lowest BCUT2D eigenvalue weighted by atomic mass is 10.1. The highest BCUT2D eigenvalue weighted by atomic mass is 32.2. The molecule has 3 aromatic rings. The van der Waals surface area contributed by atoms with Crippen molar-refractivity contribution in [3.05, 3.63) is 64.8 Å². The Balaban J connectivity index is 1.73. The lowest BCUT2D eigenvalue weighted by Crippen LogP contribution is -2.18. The number of amides is 1. The summed E-state index contributed by atoms with van der Waals surface area (Å²) in [6, 6.07) is 12.4. The van der Waals surface area contributed by atoms with Crippen molar-refractivity contribution in [1.29, 1.82) is 0 Å². The number of carbonyl (C=O) groups is 1. The number of hydrogen-bond acceptors (Lipinski definition) is 5. The highest BCUT2D eigenvalue weighted by Gasteiger charge is 2.20. The zero-order valence-electron chi connectivity index (χ0n) is 16.9. The Morgan fingerprint density at radius 2 is 1.69 bits per heavy atom. The van der Waals surface area contributed by atoms with Crippen LogP contribution in [0.25, 0.3) is 11.3 Å². The van der Waals surface area contributed by atoms with Gasteiger partial charge in [-0.05, 0) is 62.6 Å². The smallest absolute Gasteiger partial charge is 0.225 e. The van der Waals surface area contributed by atoms with E-state index < -0.39 is 9.84 Å². The van der Waals surface area contributed by atoms with Gasteiger partial charge < -0.3 is 9.84 Å². The van der Waals surface area contributed by atoms with Crippen molar-refractivity contribution in [2.24, 2.45) is 0 Å². The van der Waals surface area contributed by atoms with Gasteiger partial charge in [-0.25, -0.2) is 8.42 Å². The molecule has 29 heavy (non-hydrogen) atoms. The monoisotopic (exact) mass is 412 g/mol. The lowest BCUT2D eigenvalue weighted by molar-refractivity contribution is -0.115. The third kappa shape index (κ3) is 4.92. The number of benzene rings is 2. The largest absolute Gasteiger partial charge is 0.356 e. The number of aromatic nitrogens is 1. The first-order chi connectivity index (χ1) is 13.7. The van der Waals surface area contributed by atoms with Gasteiger partial charge in [0.1, 0.15) is 0 Å². The van der Waals surface area contributed by atoms with Crippen LogP contribution in [0.3, 0.4) is 0 Å². The van der Waals surface area contributed by atoms with E-state index in [0.29, 0.717) is 28.3 Å². The summed E-state index contributed by atoms with van der Waals surface area (Å²) in [5, 5.41) is 6.60. The molecule has 0 spiro atoms. The predicted octanol–water partition coefficient (Wildman–Crippen LogP) is 4.38. The van der Waals surface area contributed by atoms with E-state index in [4.69, 9.17) is 4.52 Å². The van der Waals surface area contributed by atoms with Crippen molar-refractivity contribution < 1.29 is 17.7 Å². The molecule has 1 amide bonds. The van der Waals surface area contributed by atoms with Crippen molar-refractivity contribution in [2.45, 2.75) is 39.0 Å². The fourth-order valence-corrected chi connectivity index (χ4v) is 4.51. The van der Waals surface area contributed by atoms with Crippen molar-refractivity contribution in [3.63, 3.8) is 0 Å². The van der Waals surface area contributed by atoms with Crippen molar-refractivity contribution in [1.82, 2.24) is 5.16 Å². The summed E-state index contributed by atoms with van der Waals surface area (Å²) < 4.78 is 31.0. The highest BCUT2D eigenvalue weighted by Crippen LogP contribution is 2.26. The molecule has 1 aromatic heterocycles. The van der Waals surface area contributed by atoms with E-state index >= 15 is 0 Å². The van der Waals surface area contributed by atoms with Gasteiger partial charge in [0.25, 0.3) is 0 Å². The van der Waals surface area contributed by atoms with Crippen LogP contribution < -0.4 is 5.32 Å². The summed E-state index contributed by atoms with van der Waals surface area (Å²) in [6.07, 6.45) is -0.125. The standard InChI is InChI=1S/C22H24N2O4S/c1-14-6-8-19(11-16(14)3)23-22(25)9-10-29(26,27)21-13-18(7-5-15(21)2)20-12-17(4)24-28-20/h5-8,11-13H,9-10H2,1-4H3,(H,23,25). The summed E-state index contributed by atoms with van der Waals surface area (Å²) in [5.74, 6) is -0.105. The minimum atomic E-state index is -3.64. The molecule has 0 aliphatic rings. The Morgan fingerprint density at radius 3 is 2.34 bits per heavy atom. The molecule has 3 rings (SSSR count). The maximum atomic E-state index is 12.9. The maximum Gasteiger partial charge on any atom is 0.225 e. The van der Waals surface area contributed by atoms with E-state index in [2.05, 4.69) is 10.5 Å². The average Bonchev–Trinajstić information content (AvgIpc) is 3.10. The van der Waals surface area contributed by atoms with Crippen LogP contribution in [0, 0.1) is 27.7 Å². The maximum absolute atomic E-state index is 12.9. The Morgan fingerprint density at radius 1 is 0.966 bits per heavy atom. The number of sulfone groups is 1. The summed E-state index contributed by atoms with van der Waals surface area (Å²) in [5.41, 5.74) is 4.82. The summed E-state index contributed by atoms with van der Waals surface area (Å²) in [4.78, 5) is 12.5. The predicted molar refractivity (Wildman–Crippen MR) is 113 cm³/mol. The van der Waals surface area contributed by atoms with E-state index in [9.17, 15) is 13.2 Å². The molecule has 1 heterocycles. The van der Waals surface area contributed by atoms with E-state index in [1.807, 2.05) is 32.0 Å². The van der Waals surface area contributed by atoms with Crippen LogP contribution in [0.4, 0.5) is 5.69 Å². The number of anilines is 1. The second-order valence-electron chi connectivity index (χ2n) is 7.23. The van der Waals surface area contributed by atoms with Gasteiger partial charge in [0, 0.05) is 23.7 Å². The molecule has 0 saturated heterocycles. The average molecular weight is 413 g/mol. The SMILES string of the molecule is Cc1cc(-c2ccc(C)c(S(=O)(=O)CCC(=O)Nc3ccc(C)c(C)c3)c2)on1. The van der Waals surface area contributed by atoms with E-state index in [1.54, 1.807) is 38.1 Å². The minimum absolute atomic E-state index is 0.125. The molecule has 0 saturated carbocycles. The van der Waals surface area contributed by atoms with Crippen LogP contribution in [0.2, 0.25) is 0 Å². The highest BCUT2D eigenvalue weighted by molar-refractivity contribution is 7.91. The summed E-state index contributed by atoms with van der Waals surface area (Å²) in [7, 11) is -3.64. The van der Waals surface area contributed by atoms with Crippen molar-refractivity contribution >= 4 is 21.4 Å². The molecular weight excluding hydrogens is 388 g/mol. The quantitative estimate of drug-likeness (QED) is 0.649. The number of nitrogens with one attached hydrogen (secondary N) is 1. The third-order valence-electron chi connectivity index (χ3n) is 4.82. The van der Waals surface area contributed by atoms with Crippen molar-refractivity contribution in [3.8, 4) is 11.3 Å². The van der Waals surface area contributed by atoms with Gasteiger partial charge in [-0.3, -0.25) is 4.79 Å². The molecule has 7 heteroatoms. The first-order valence-corrected chi connectivity index (χ1v) is 10.9. The van der Waals surface area contributed by atoms with Gasteiger partial charge in [0.05, 0.1) is 16.3 Å². The molecule has 0 aliphatic heterocycles. The van der Waals surface area contributed by atoms with E-state index in [1.165, 1.54) is 0 Å². The van der Waals surface area contributed by atoms with Crippen LogP contribution in [0.5, 0.6) is 0 Å². The fourth-order valence-electron chi connectivity index (χ4n) is 2.97. The van der Waals surface area contributed by atoms with Gasteiger partial charge in [-0.2, -0.15) is 0 Å². The molecule has 0 aliphatic carbocycles. The normalized spacial score (nSPS) is 11.4. The topological polar surface area (TPSA) is 89.3 Å². The Kier molecular flexibility index (Phi) is 5.88. The van der Waals surface area contributed by atoms with Crippen LogP contribution in [0.1, 0.15) is 28.8 Å². The van der Waals surface area contributed by atoms with E-state index in [0.717, 1.165) is 11.1 Å². The van der Waals surface area contributed by atoms with Crippen LogP contribution in [-0.2, 0) is 14.6 Å². The summed E-state index contributed by atoms with van der Waals surface area (Å²) >= 11 is 0. The first-order valence-electron chi connectivity index (χ1n) is 9.30. The Labute approximate surface area is 170 Å². The molecule has 0 radical (unpaired) electrons. The third-order valence-corrected chi connectivity index (χ3v) is 6.68. The Bertz CT molecular complexity index is 1160. The summed E-state index contributed by atoms with van der Waals surface area (Å²) in [6.45, 7) is 7.48. The zero-order chi connectivity index (χ0) is 21.2. The van der Waals surface area contributed by atoms with Crippen LogP contribution in [-0.4, -0.2) is 25.2 Å². The molecule has 1 N–H and O–H groups in total. The number of carbonyl (C=O) groups excluding carboxylic acids is 1. The zero-order valence-corrected chi connectivity index (χ0v) is 17.8. The number of hydrogen-bond donors (Lipinski definition) is 1. The van der Waals surface area contributed by atoms with Gasteiger partial charge in [-0.15, -0.1) is 0 Å². The number of rotatable bonds is 6. The molecule has 0 fully saturated rings. The molecule has 0 atom stereocenters. The Hall–Kier alpha value is -2.93. The van der Waals surface area contributed by atoms with Gasteiger partial charge in [0.2, 0.25) is 5.91 Å². The van der Waals surface area contributed by atoms with Gasteiger partial charge >= 0.3 is 0 Å². The molecule has 0 unspecified atom stereocenters. The number of aryl methyl sites for hydroxylation is 4. The second kappa shape index (κ2) is 8.21. The van der Waals surface area contributed by atoms with E-state index in [-0.39, 0.29) is 23.0 Å². The second-order valence-corrected chi connectivity index (χ2v) is 9.31. The molecule has 152 valence electrons. The molecule has 2 aromatic carbocycles. The first kappa shape index (κ1) is 20.8. The van der Waals surface area contributed by atoms with Crippen LogP contribution >= 0.6 is 0 Å². The van der Waals surface area contributed by atoms with Crippen molar-refractivity contribution in [2.75, 3.05) is 11.1 Å². The van der Waals surface area contributed by atoms with Gasteiger partial charge in [0.15, 0.2) is 15.6 Å². The molecule has 6 nitrogen and oxygen atoms in total. The fraction of sp³-hybridized carbons (Fsp3) is 0.273. The van der Waals surface area contributed by atoms with Crippen LogP contribution in [0.15, 0.2) is 51.9 Å². The lowest BCUT2D eigenvalue weighted by Gasteiger charge is -2.10. The molecular formula is C22H24N2O4S. The molecule has 0 bridgehead atoms.